The van der Waals surface area contributed by atoms with Crippen LogP contribution in [0.2, 0.25) is 0 Å². The van der Waals surface area contributed by atoms with Crippen molar-refractivity contribution in [3.63, 3.8) is 0 Å². The minimum atomic E-state index is 0.713. The minimum Gasteiger partial charge on any atom is -0.305 e. The Labute approximate surface area is 78.1 Å². The van der Waals surface area contributed by atoms with Crippen LogP contribution < -0.4 is 0 Å². The number of aromatic nitrogens is 2. The van der Waals surface area contributed by atoms with Gasteiger partial charge in [-0.3, -0.25) is 0 Å². The van der Waals surface area contributed by atoms with Crippen molar-refractivity contribution in [2.24, 2.45) is 5.92 Å². The number of hydrogen-bond acceptors (Lipinski definition) is 3. The molecule has 3 heteroatoms. The van der Waals surface area contributed by atoms with Gasteiger partial charge in [0.15, 0.2) is 0 Å². The van der Waals surface area contributed by atoms with E-state index in [1.165, 1.54) is 13.1 Å². The van der Waals surface area contributed by atoms with E-state index in [1.807, 2.05) is 12.4 Å². The van der Waals surface area contributed by atoms with E-state index in [-0.39, 0.29) is 0 Å². The van der Waals surface area contributed by atoms with Gasteiger partial charge in [-0.2, -0.15) is 0 Å². The summed E-state index contributed by atoms with van der Waals surface area (Å²) in [6.45, 7) is 2.34. The normalized spacial score (nSPS) is 19.2. The quantitative estimate of drug-likeness (QED) is 0.672. The van der Waals surface area contributed by atoms with Gasteiger partial charge in [0.1, 0.15) is 6.33 Å². The van der Waals surface area contributed by atoms with Gasteiger partial charge >= 0.3 is 0 Å². The molecule has 0 spiro atoms. The van der Waals surface area contributed by atoms with E-state index < -0.39 is 0 Å². The van der Waals surface area contributed by atoms with Crippen molar-refractivity contribution >= 4 is 6.08 Å². The summed E-state index contributed by atoms with van der Waals surface area (Å²) >= 11 is 0. The van der Waals surface area contributed by atoms with E-state index in [9.17, 15) is 0 Å². The summed E-state index contributed by atoms with van der Waals surface area (Å²) < 4.78 is 0. The maximum Gasteiger partial charge on any atom is 0.115 e. The molecule has 0 atom stereocenters. The second-order valence-corrected chi connectivity index (χ2v) is 3.51. The van der Waals surface area contributed by atoms with Crippen LogP contribution in [0.3, 0.4) is 0 Å². The predicted octanol–water partition coefficient (Wildman–Crippen LogP) is 1.05. The molecular weight excluding hydrogens is 162 g/mol. The van der Waals surface area contributed by atoms with E-state index in [2.05, 4.69) is 34.1 Å². The lowest BCUT2D eigenvalue weighted by atomic mass is 10.0. The predicted molar refractivity (Wildman–Crippen MR) is 52.1 cm³/mol. The average molecular weight is 175 g/mol. The monoisotopic (exact) mass is 175 g/mol. The number of likely N-dealkylation sites (tertiary alicyclic amines) is 1. The fourth-order valence-electron chi connectivity index (χ4n) is 1.51. The molecule has 2 rings (SSSR count). The van der Waals surface area contributed by atoms with Crippen molar-refractivity contribution in [3.8, 4) is 0 Å². The highest BCUT2D eigenvalue weighted by Gasteiger charge is 2.19. The van der Waals surface area contributed by atoms with E-state index in [0.29, 0.717) is 5.92 Å². The molecule has 3 nitrogen and oxygen atoms in total. The van der Waals surface area contributed by atoms with Crippen LogP contribution in [0.25, 0.3) is 6.08 Å². The van der Waals surface area contributed by atoms with Crippen LogP contribution in [0.1, 0.15) is 5.56 Å². The molecule has 0 unspecified atom stereocenters. The second-order valence-electron chi connectivity index (χ2n) is 3.51. The van der Waals surface area contributed by atoms with Crippen molar-refractivity contribution in [2.75, 3.05) is 20.1 Å². The van der Waals surface area contributed by atoms with Gasteiger partial charge in [0.2, 0.25) is 0 Å². The first-order chi connectivity index (χ1) is 6.34. The highest BCUT2D eigenvalue weighted by molar-refractivity contribution is 5.46. The molecular formula is C10H13N3. The maximum atomic E-state index is 3.95. The Hall–Kier alpha value is -1.22. The summed E-state index contributed by atoms with van der Waals surface area (Å²) in [6.07, 6.45) is 9.53. The Bertz CT molecular complexity index is 288. The fraction of sp³-hybridized carbons (Fsp3) is 0.400. The molecule has 0 radical (unpaired) electrons. The molecule has 1 aliphatic rings. The van der Waals surface area contributed by atoms with E-state index in [4.69, 9.17) is 0 Å². The Morgan fingerprint density at radius 1 is 1.38 bits per heavy atom. The standard InChI is InChI=1S/C10H13N3/c1-13-6-10(7-13)3-2-9-4-11-8-12-5-9/h2-5,8,10H,6-7H2,1H3/b3-2+. The Morgan fingerprint density at radius 2 is 2.08 bits per heavy atom. The molecule has 1 aromatic rings. The van der Waals surface area contributed by atoms with E-state index in [1.54, 1.807) is 6.33 Å². The topological polar surface area (TPSA) is 29.0 Å². The molecule has 1 aliphatic heterocycles. The van der Waals surface area contributed by atoms with Crippen molar-refractivity contribution in [3.05, 3.63) is 30.4 Å². The lowest BCUT2D eigenvalue weighted by Gasteiger charge is -2.34. The Morgan fingerprint density at radius 3 is 2.69 bits per heavy atom. The first-order valence-electron chi connectivity index (χ1n) is 4.46. The van der Waals surface area contributed by atoms with Crippen LogP contribution in [-0.2, 0) is 0 Å². The molecule has 1 fully saturated rings. The van der Waals surface area contributed by atoms with Crippen molar-refractivity contribution < 1.29 is 0 Å². The van der Waals surface area contributed by atoms with Crippen LogP contribution in [0, 0.1) is 5.92 Å². The summed E-state index contributed by atoms with van der Waals surface area (Å²) in [5, 5.41) is 0. The Kier molecular flexibility index (Phi) is 2.36. The van der Waals surface area contributed by atoms with Gasteiger partial charge in [-0.25, -0.2) is 9.97 Å². The molecule has 1 saturated heterocycles. The number of hydrogen-bond donors (Lipinski definition) is 0. The second kappa shape index (κ2) is 3.66. The van der Waals surface area contributed by atoms with Crippen molar-refractivity contribution in [2.45, 2.75) is 0 Å². The molecule has 0 bridgehead atoms. The van der Waals surface area contributed by atoms with Gasteiger partial charge in [-0.05, 0) is 7.05 Å². The summed E-state index contributed by atoms with van der Waals surface area (Å²) in [5.74, 6) is 0.713. The molecule has 0 amide bonds. The van der Waals surface area contributed by atoms with Gasteiger partial charge in [0.05, 0.1) is 0 Å². The zero-order chi connectivity index (χ0) is 9.10. The summed E-state index contributed by atoms with van der Waals surface area (Å²) in [7, 11) is 2.13. The molecule has 1 aromatic heterocycles. The molecule has 0 aromatic carbocycles. The van der Waals surface area contributed by atoms with Crippen LogP contribution in [-0.4, -0.2) is 35.0 Å². The summed E-state index contributed by atoms with van der Waals surface area (Å²) in [5.41, 5.74) is 1.08. The van der Waals surface area contributed by atoms with Gasteiger partial charge in [-0.1, -0.05) is 12.2 Å². The van der Waals surface area contributed by atoms with Crippen LogP contribution >= 0.6 is 0 Å². The highest BCUT2D eigenvalue weighted by atomic mass is 15.2. The van der Waals surface area contributed by atoms with Crippen LogP contribution in [0.5, 0.6) is 0 Å². The smallest absolute Gasteiger partial charge is 0.115 e. The third-order valence-electron chi connectivity index (χ3n) is 2.23. The lowest BCUT2D eigenvalue weighted by molar-refractivity contribution is 0.170. The van der Waals surface area contributed by atoms with Crippen LogP contribution in [0.4, 0.5) is 0 Å². The molecule has 0 aliphatic carbocycles. The summed E-state index contributed by atoms with van der Waals surface area (Å²) in [4.78, 5) is 10.2. The largest absolute Gasteiger partial charge is 0.305 e. The molecule has 68 valence electrons. The average Bonchev–Trinajstić information content (AvgIpc) is 2.12. The van der Waals surface area contributed by atoms with Gasteiger partial charge in [0, 0.05) is 37.0 Å². The molecule has 2 heterocycles. The summed E-state index contributed by atoms with van der Waals surface area (Å²) in [6, 6.07) is 0. The van der Waals surface area contributed by atoms with Gasteiger partial charge in [0.25, 0.3) is 0 Å². The molecule has 0 saturated carbocycles. The Balaban J connectivity index is 1.91. The maximum absolute atomic E-state index is 3.95. The van der Waals surface area contributed by atoms with E-state index >= 15 is 0 Å². The number of rotatable bonds is 2. The first kappa shape index (κ1) is 8.38. The minimum absolute atomic E-state index is 0.713. The fourth-order valence-corrected chi connectivity index (χ4v) is 1.51. The van der Waals surface area contributed by atoms with Gasteiger partial charge < -0.3 is 4.90 Å². The number of nitrogens with zero attached hydrogens (tertiary/aromatic N) is 3. The highest BCUT2D eigenvalue weighted by Crippen LogP contribution is 2.15. The van der Waals surface area contributed by atoms with E-state index in [0.717, 1.165) is 5.56 Å². The third kappa shape index (κ3) is 2.12. The van der Waals surface area contributed by atoms with Crippen molar-refractivity contribution in [1.82, 2.24) is 14.9 Å². The van der Waals surface area contributed by atoms with Crippen LogP contribution in [0.15, 0.2) is 24.8 Å². The zero-order valence-corrected chi connectivity index (χ0v) is 7.72. The zero-order valence-electron chi connectivity index (χ0n) is 7.72. The molecule has 13 heavy (non-hydrogen) atoms. The first-order valence-corrected chi connectivity index (χ1v) is 4.46. The molecule has 0 N–H and O–H groups in total. The SMILES string of the molecule is CN1CC(/C=C/c2cncnc2)C1. The van der Waals surface area contributed by atoms with Crippen molar-refractivity contribution in [1.29, 1.82) is 0 Å². The third-order valence-corrected chi connectivity index (χ3v) is 2.23. The lowest BCUT2D eigenvalue weighted by Crippen LogP contribution is -2.42. The van der Waals surface area contributed by atoms with Gasteiger partial charge in [-0.15, -0.1) is 0 Å².